The van der Waals surface area contributed by atoms with Crippen molar-refractivity contribution in [1.29, 1.82) is 0 Å². The molecule has 0 radical (unpaired) electrons. The van der Waals surface area contributed by atoms with Crippen molar-refractivity contribution >= 4 is 50.4 Å². The van der Waals surface area contributed by atoms with E-state index in [1.807, 2.05) is 18.2 Å². The molecule has 1 aromatic heterocycles. The van der Waals surface area contributed by atoms with E-state index in [4.69, 9.17) is 29.6 Å². The van der Waals surface area contributed by atoms with E-state index in [1.165, 1.54) is 0 Å². The summed E-state index contributed by atoms with van der Waals surface area (Å²) in [5.41, 5.74) is 6.36. The lowest BCUT2D eigenvalue weighted by molar-refractivity contribution is 1.26. The Kier molecular flexibility index (Phi) is 2.67. The smallest absolute Gasteiger partial charge is 0.101 e. The number of nitrogens with zero attached hydrogens (tertiary/aromatic N) is 1. The molecule has 0 bridgehead atoms. The molecule has 0 saturated carbocycles. The van der Waals surface area contributed by atoms with E-state index in [2.05, 4.69) is 4.98 Å². The largest absolute Gasteiger partial charge is 0.393 e. The third-order valence-corrected chi connectivity index (χ3v) is 3.14. The van der Waals surface area contributed by atoms with Crippen LogP contribution in [0.25, 0.3) is 10.2 Å². The first-order chi connectivity index (χ1) is 6.65. The number of rotatable bonds is 2. The molecule has 0 atom stereocenters. The second kappa shape index (κ2) is 3.81. The summed E-state index contributed by atoms with van der Waals surface area (Å²) in [5.74, 6) is 0. The topological polar surface area (TPSA) is 38.9 Å². The number of halogens is 1. The number of thiocarbonyl (C=S) groups is 1. The Labute approximate surface area is 95.7 Å². The van der Waals surface area contributed by atoms with Crippen LogP contribution in [0.3, 0.4) is 0 Å². The van der Waals surface area contributed by atoms with Crippen LogP contribution in [0.1, 0.15) is 5.01 Å². The van der Waals surface area contributed by atoms with E-state index in [9.17, 15) is 0 Å². The van der Waals surface area contributed by atoms with Crippen LogP contribution in [0.5, 0.6) is 0 Å². The molecule has 2 nitrogen and oxygen atoms in total. The van der Waals surface area contributed by atoms with Gasteiger partial charge in [0.1, 0.15) is 5.01 Å². The number of nitrogens with two attached hydrogens (primary N) is 1. The monoisotopic (exact) mass is 242 g/mol. The lowest BCUT2D eigenvalue weighted by atomic mass is 10.3. The van der Waals surface area contributed by atoms with Gasteiger partial charge in [-0.25, -0.2) is 4.98 Å². The zero-order chi connectivity index (χ0) is 10.1. The van der Waals surface area contributed by atoms with Gasteiger partial charge >= 0.3 is 0 Å². The predicted molar refractivity (Wildman–Crippen MR) is 65.1 cm³/mol. The van der Waals surface area contributed by atoms with Gasteiger partial charge in [-0.05, 0) is 18.2 Å². The molecule has 0 aliphatic heterocycles. The van der Waals surface area contributed by atoms with Crippen LogP contribution in [0.4, 0.5) is 0 Å². The first kappa shape index (κ1) is 9.83. The van der Waals surface area contributed by atoms with Gasteiger partial charge in [0, 0.05) is 11.4 Å². The maximum atomic E-state index is 5.85. The van der Waals surface area contributed by atoms with Crippen molar-refractivity contribution in [3.63, 3.8) is 0 Å². The molecule has 2 N–H and O–H groups in total. The van der Waals surface area contributed by atoms with Crippen molar-refractivity contribution < 1.29 is 0 Å². The molecule has 2 rings (SSSR count). The van der Waals surface area contributed by atoms with Crippen LogP contribution < -0.4 is 5.73 Å². The minimum Gasteiger partial charge on any atom is -0.393 e. The van der Waals surface area contributed by atoms with E-state index in [-0.39, 0.29) is 0 Å². The highest BCUT2D eigenvalue weighted by Gasteiger charge is 2.04. The predicted octanol–water partition coefficient (Wildman–Crippen LogP) is 2.78. The van der Waals surface area contributed by atoms with Crippen molar-refractivity contribution in [3.8, 4) is 0 Å². The minimum atomic E-state index is 0.468. The van der Waals surface area contributed by atoms with E-state index in [0.717, 1.165) is 15.2 Å². The van der Waals surface area contributed by atoms with Gasteiger partial charge in [-0.15, -0.1) is 11.3 Å². The normalized spacial score (nSPS) is 10.6. The summed E-state index contributed by atoms with van der Waals surface area (Å²) in [5, 5.41) is 1.64. The van der Waals surface area contributed by atoms with Crippen LogP contribution in [-0.2, 0) is 6.42 Å². The van der Waals surface area contributed by atoms with Gasteiger partial charge in [-0.2, -0.15) is 0 Å². The summed E-state index contributed by atoms with van der Waals surface area (Å²) in [6.07, 6.45) is 0.562. The van der Waals surface area contributed by atoms with Crippen LogP contribution in [-0.4, -0.2) is 9.97 Å². The molecule has 0 spiro atoms. The summed E-state index contributed by atoms with van der Waals surface area (Å²) in [7, 11) is 0. The maximum Gasteiger partial charge on any atom is 0.101 e. The fraction of sp³-hybridized carbons (Fsp3) is 0.111. The summed E-state index contributed by atoms with van der Waals surface area (Å²) in [6, 6.07) is 5.65. The fourth-order valence-electron chi connectivity index (χ4n) is 1.17. The van der Waals surface area contributed by atoms with E-state index >= 15 is 0 Å². The molecule has 0 aliphatic rings. The number of fused-ring (bicyclic) bond motifs is 1. The van der Waals surface area contributed by atoms with Gasteiger partial charge in [0.05, 0.1) is 15.2 Å². The average Bonchev–Trinajstić information content (AvgIpc) is 2.44. The van der Waals surface area contributed by atoms with Crippen LogP contribution in [0, 0.1) is 0 Å². The molecule has 14 heavy (non-hydrogen) atoms. The average molecular weight is 243 g/mol. The Bertz CT molecular complexity index is 493. The summed E-state index contributed by atoms with van der Waals surface area (Å²) in [6.45, 7) is 0. The third-order valence-electron chi connectivity index (χ3n) is 1.72. The highest BCUT2D eigenvalue weighted by molar-refractivity contribution is 7.80. The number of hydrogen-bond donors (Lipinski definition) is 1. The summed E-state index contributed by atoms with van der Waals surface area (Å²) >= 11 is 12.3. The SMILES string of the molecule is NC(=S)Cc1nc2cc(Cl)ccc2s1. The second-order valence-electron chi connectivity index (χ2n) is 2.86. The molecule has 5 heteroatoms. The Morgan fingerprint density at radius 2 is 2.36 bits per heavy atom. The molecule has 0 aliphatic carbocycles. The summed E-state index contributed by atoms with van der Waals surface area (Å²) in [4.78, 5) is 4.85. The second-order valence-corrected chi connectivity index (χ2v) is 4.94. The van der Waals surface area contributed by atoms with Gasteiger partial charge in [-0.3, -0.25) is 0 Å². The number of aromatic nitrogens is 1. The van der Waals surface area contributed by atoms with Gasteiger partial charge in [0.15, 0.2) is 0 Å². The quantitative estimate of drug-likeness (QED) is 0.824. The molecule has 1 heterocycles. The molecule has 0 fully saturated rings. The third kappa shape index (κ3) is 2.03. The lowest BCUT2D eigenvalue weighted by Gasteiger charge is -1.89. The number of thiazole rings is 1. The first-order valence-electron chi connectivity index (χ1n) is 3.98. The van der Waals surface area contributed by atoms with E-state index < -0.39 is 0 Å². The van der Waals surface area contributed by atoms with Gasteiger partial charge in [0.2, 0.25) is 0 Å². The Morgan fingerprint density at radius 3 is 3.07 bits per heavy atom. The van der Waals surface area contributed by atoms with Gasteiger partial charge < -0.3 is 5.73 Å². The number of hydrogen-bond acceptors (Lipinski definition) is 3. The van der Waals surface area contributed by atoms with Crippen molar-refractivity contribution in [1.82, 2.24) is 4.98 Å². The van der Waals surface area contributed by atoms with Crippen molar-refractivity contribution in [2.75, 3.05) is 0 Å². The van der Waals surface area contributed by atoms with E-state index in [0.29, 0.717) is 16.4 Å². The standard InChI is InChI=1S/C9H7ClN2S2/c10-5-1-2-7-6(3-5)12-9(14-7)4-8(11)13/h1-3H,4H2,(H2,11,13). The minimum absolute atomic E-state index is 0.468. The van der Waals surface area contributed by atoms with Crippen molar-refractivity contribution in [2.45, 2.75) is 6.42 Å². The molecular weight excluding hydrogens is 236 g/mol. The molecule has 72 valence electrons. The van der Waals surface area contributed by atoms with Gasteiger partial charge in [0.25, 0.3) is 0 Å². The maximum absolute atomic E-state index is 5.85. The zero-order valence-electron chi connectivity index (χ0n) is 7.16. The van der Waals surface area contributed by atoms with Crippen molar-refractivity contribution in [2.24, 2.45) is 5.73 Å². The highest BCUT2D eigenvalue weighted by Crippen LogP contribution is 2.25. The Balaban J connectivity index is 2.46. The van der Waals surface area contributed by atoms with Crippen LogP contribution in [0.2, 0.25) is 5.02 Å². The van der Waals surface area contributed by atoms with Crippen molar-refractivity contribution in [3.05, 3.63) is 28.2 Å². The zero-order valence-corrected chi connectivity index (χ0v) is 9.55. The van der Waals surface area contributed by atoms with Crippen LogP contribution >= 0.6 is 35.2 Å². The fourth-order valence-corrected chi connectivity index (χ4v) is 2.54. The number of benzene rings is 1. The summed E-state index contributed by atoms with van der Waals surface area (Å²) < 4.78 is 1.11. The highest BCUT2D eigenvalue weighted by atomic mass is 35.5. The van der Waals surface area contributed by atoms with E-state index in [1.54, 1.807) is 11.3 Å². The lowest BCUT2D eigenvalue weighted by Crippen LogP contribution is -2.10. The molecule has 1 aromatic carbocycles. The first-order valence-corrected chi connectivity index (χ1v) is 5.59. The molecule has 0 amide bonds. The Hall–Kier alpha value is -0.710. The molecular formula is C9H7ClN2S2. The molecule has 0 saturated heterocycles. The van der Waals surface area contributed by atoms with Crippen LogP contribution in [0.15, 0.2) is 18.2 Å². The Morgan fingerprint density at radius 1 is 1.57 bits per heavy atom. The molecule has 2 aromatic rings. The van der Waals surface area contributed by atoms with Gasteiger partial charge in [-0.1, -0.05) is 23.8 Å². The molecule has 0 unspecified atom stereocenters.